The second-order valence-electron chi connectivity index (χ2n) is 4.91. The number of benzene rings is 1. The number of nitrogens with one attached hydrogen (secondary N) is 1. The second-order valence-corrected chi connectivity index (χ2v) is 4.91. The number of aryl methyl sites for hydroxylation is 1. The number of hydrogen-bond acceptors (Lipinski definition) is 1. The molecule has 1 heterocycles. The van der Waals surface area contributed by atoms with Crippen LogP contribution in [0, 0.1) is 11.8 Å². The molecular weight excluding hydrogens is 198 g/mol. The van der Waals surface area contributed by atoms with Crippen molar-refractivity contribution < 1.29 is 4.79 Å². The van der Waals surface area contributed by atoms with Gasteiger partial charge in [-0.25, -0.2) is 0 Å². The topological polar surface area (TPSA) is 29.1 Å². The molecule has 0 fully saturated rings. The fraction of sp³-hybridized carbons (Fsp3) is 0.500. The lowest BCUT2D eigenvalue weighted by Gasteiger charge is -2.24. The first-order chi connectivity index (χ1) is 7.68. The quantitative estimate of drug-likeness (QED) is 0.769. The summed E-state index contributed by atoms with van der Waals surface area (Å²) in [5.41, 5.74) is 2.04. The Hall–Kier alpha value is -1.31. The van der Waals surface area contributed by atoms with Crippen molar-refractivity contribution in [3.63, 3.8) is 0 Å². The lowest BCUT2D eigenvalue weighted by Crippen LogP contribution is -2.34. The maximum absolute atomic E-state index is 11.9. The van der Waals surface area contributed by atoms with Gasteiger partial charge < -0.3 is 5.32 Å². The number of carbonyl (C=O) groups excluding carboxylic acids is 1. The minimum atomic E-state index is 0.0842. The van der Waals surface area contributed by atoms with Crippen molar-refractivity contribution >= 4 is 5.91 Å². The van der Waals surface area contributed by atoms with Crippen LogP contribution < -0.4 is 5.32 Å². The van der Waals surface area contributed by atoms with Gasteiger partial charge in [0.1, 0.15) is 0 Å². The molecule has 0 saturated heterocycles. The van der Waals surface area contributed by atoms with Crippen LogP contribution in [0.1, 0.15) is 36.2 Å². The molecule has 0 spiro atoms. The van der Waals surface area contributed by atoms with E-state index in [1.807, 2.05) is 18.2 Å². The zero-order valence-electron chi connectivity index (χ0n) is 9.99. The molecule has 1 amide bonds. The van der Waals surface area contributed by atoms with Crippen LogP contribution in [-0.2, 0) is 6.42 Å². The van der Waals surface area contributed by atoms with Crippen molar-refractivity contribution in [2.24, 2.45) is 11.8 Å². The van der Waals surface area contributed by atoms with Gasteiger partial charge in [-0.15, -0.1) is 0 Å². The van der Waals surface area contributed by atoms with Gasteiger partial charge >= 0.3 is 0 Å². The van der Waals surface area contributed by atoms with Crippen LogP contribution in [0.5, 0.6) is 0 Å². The van der Waals surface area contributed by atoms with E-state index in [4.69, 9.17) is 0 Å². The smallest absolute Gasteiger partial charge is 0.251 e. The summed E-state index contributed by atoms with van der Waals surface area (Å²) < 4.78 is 0. The lowest BCUT2D eigenvalue weighted by molar-refractivity contribution is 0.0937. The summed E-state index contributed by atoms with van der Waals surface area (Å²) in [7, 11) is 0. The molecule has 2 rings (SSSR count). The van der Waals surface area contributed by atoms with Gasteiger partial charge in [0.15, 0.2) is 0 Å². The highest BCUT2D eigenvalue weighted by Crippen LogP contribution is 2.21. The molecule has 1 N–H and O–H groups in total. The van der Waals surface area contributed by atoms with E-state index < -0.39 is 0 Å². The number of fused-ring (bicyclic) bond motifs is 1. The van der Waals surface area contributed by atoms with Gasteiger partial charge in [-0.1, -0.05) is 32.0 Å². The summed E-state index contributed by atoms with van der Waals surface area (Å²) in [5.74, 6) is 1.31. The molecule has 1 aromatic rings. The predicted molar refractivity (Wildman–Crippen MR) is 65.4 cm³/mol. The van der Waals surface area contributed by atoms with Crippen LogP contribution in [-0.4, -0.2) is 12.5 Å². The van der Waals surface area contributed by atoms with Gasteiger partial charge in [0.2, 0.25) is 0 Å². The molecule has 86 valence electrons. The second kappa shape index (κ2) is 4.69. The lowest BCUT2D eigenvalue weighted by atomic mass is 9.87. The maximum Gasteiger partial charge on any atom is 0.251 e. The monoisotopic (exact) mass is 217 g/mol. The van der Waals surface area contributed by atoms with E-state index >= 15 is 0 Å². The standard InChI is InChI=1S/C14H19NO/c1-10(2)12-8-7-11-5-3-4-6-13(11)14(16)15-9-12/h3-6,10,12H,7-9H2,1-2H3,(H,15,16). The highest BCUT2D eigenvalue weighted by Gasteiger charge is 2.20. The number of carbonyl (C=O) groups is 1. The highest BCUT2D eigenvalue weighted by molar-refractivity contribution is 5.95. The molecule has 1 aliphatic rings. The number of rotatable bonds is 1. The van der Waals surface area contributed by atoms with E-state index in [1.165, 1.54) is 5.56 Å². The van der Waals surface area contributed by atoms with Gasteiger partial charge in [0, 0.05) is 12.1 Å². The van der Waals surface area contributed by atoms with Crippen LogP contribution in [0.15, 0.2) is 24.3 Å². The Morgan fingerprint density at radius 3 is 2.81 bits per heavy atom. The fourth-order valence-electron chi connectivity index (χ4n) is 2.29. The first kappa shape index (κ1) is 11.2. The summed E-state index contributed by atoms with van der Waals surface area (Å²) in [6.45, 7) is 5.26. The van der Waals surface area contributed by atoms with E-state index in [0.29, 0.717) is 11.8 Å². The zero-order valence-corrected chi connectivity index (χ0v) is 9.99. The average molecular weight is 217 g/mol. The molecule has 1 aliphatic heterocycles. The van der Waals surface area contributed by atoms with E-state index in [2.05, 4.69) is 25.2 Å². The molecule has 0 radical (unpaired) electrons. The number of hydrogen-bond donors (Lipinski definition) is 1. The van der Waals surface area contributed by atoms with Gasteiger partial charge in [-0.05, 0) is 36.3 Å². The zero-order chi connectivity index (χ0) is 11.5. The summed E-state index contributed by atoms with van der Waals surface area (Å²) in [6.07, 6.45) is 2.18. The SMILES string of the molecule is CC(C)C1CCc2ccccc2C(=O)NC1. The molecule has 2 nitrogen and oxygen atoms in total. The van der Waals surface area contributed by atoms with Gasteiger partial charge in [0.25, 0.3) is 5.91 Å². The summed E-state index contributed by atoms with van der Waals surface area (Å²) in [6, 6.07) is 7.93. The van der Waals surface area contributed by atoms with Crippen LogP contribution in [0.4, 0.5) is 0 Å². The average Bonchev–Trinajstić information content (AvgIpc) is 2.26. The van der Waals surface area contributed by atoms with Crippen LogP contribution in [0.2, 0.25) is 0 Å². The Labute approximate surface area is 97.1 Å². The summed E-state index contributed by atoms with van der Waals surface area (Å²) in [5, 5.41) is 3.03. The van der Waals surface area contributed by atoms with Crippen LogP contribution in [0.3, 0.4) is 0 Å². The summed E-state index contributed by atoms with van der Waals surface area (Å²) in [4.78, 5) is 11.9. The molecule has 1 unspecified atom stereocenters. The molecule has 0 aliphatic carbocycles. The van der Waals surface area contributed by atoms with Crippen molar-refractivity contribution in [3.05, 3.63) is 35.4 Å². The molecule has 0 aromatic heterocycles. The van der Waals surface area contributed by atoms with Crippen molar-refractivity contribution in [1.82, 2.24) is 5.32 Å². The molecule has 1 aromatic carbocycles. The minimum Gasteiger partial charge on any atom is -0.352 e. The van der Waals surface area contributed by atoms with Gasteiger partial charge in [0.05, 0.1) is 0 Å². The first-order valence-electron chi connectivity index (χ1n) is 6.04. The Morgan fingerprint density at radius 2 is 2.06 bits per heavy atom. The third-order valence-electron chi connectivity index (χ3n) is 3.51. The maximum atomic E-state index is 11.9. The summed E-state index contributed by atoms with van der Waals surface area (Å²) >= 11 is 0. The Kier molecular flexibility index (Phi) is 3.28. The molecular formula is C14H19NO. The molecule has 0 bridgehead atoms. The fourth-order valence-corrected chi connectivity index (χ4v) is 2.29. The van der Waals surface area contributed by atoms with Crippen molar-refractivity contribution in [1.29, 1.82) is 0 Å². The van der Waals surface area contributed by atoms with E-state index in [9.17, 15) is 4.79 Å². The Morgan fingerprint density at radius 1 is 1.31 bits per heavy atom. The van der Waals surface area contributed by atoms with Crippen LogP contribution >= 0.6 is 0 Å². The third kappa shape index (κ3) is 2.26. The largest absolute Gasteiger partial charge is 0.352 e. The van der Waals surface area contributed by atoms with Crippen LogP contribution in [0.25, 0.3) is 0 Å². The van der Waals surface area contributed by atoms with E-state index in [-0.39, 0.29) is 5.91 Å². The first-order valence-corrected chi connectivity index (χ1v) is 6.04. The van der Waals surface area contributed by atoms with Gasteiger partial charge in [-0.2, -0.15) is 0 Å². The number of amides is 1. The normalized spacial score (nSPS) is 20.9. The molecule has 1 atom stereocenters. The third-order valence-corrected chi connectivity index (χ3v) is 3.51. The van der Waals surface area contributed by atoms with E-state index in [0.717, 1.165) is 24.9 Å². The minimum absolute atomic E-state index is 0.0842. The Bertz CT molecular complexity index is 384. The highest BCUT2D eigenvalue weighted by atomic mass is 16.1. The molecule has 16 heavy (non-hydrogen) atoms. The molecule has 0 saturated carbocycles. The van der Waals surface area contributed by atoms with Crippen molar-refractivity contribution in [3.8, 4) is 0 Å². The Balaban J connectivity index is 2.23. The van der Waals surface area contributed by atoms with E-state index in [1.54, 1.807) is 0 Å². The predicted octanol–water partition coefficient (Wildman–Crippen LogP) is 2.63. The molecule has 2 heteroatoms. The van der Waals surface area contributed by atoms with Gasteiger partial charge in [-0.3, -0.25) is 4.79 Å². The van der Waals surface area contributed by atoms with Crippen molar-refractivity contribution in [2.45, 2.75) is 26.7 Å². The van der Waals surface area contributed by atoms with Crippen molar-refractivity contribution in [2.75, 3.05) is 6.54 Å².